The lowest BCUT2D eigenvalue weighted by atomic mass is 9.90. The monoisotopic (exact) mass is 620 g/mol. The van der Waals surface area contributed by atoms with Crippen LogP contribution < -0.4 is 21.4 Å². The SMILES string of the molecule is Cc1ccc(C2=c3ccc([nH]3)=C3C=CC4=[N+]3[B-](F)(F)n3c(ccc3=c3ccc([nH]3)=C(c3ccc(C)cc3)c3ccc2o3)=C4C=O)cc1. The Hall–Kier alpha value is -5.96. The first-order valence-corrected chi connectivity index (χ1v) is 15.5. The molecule has 6 aromatic rings. The van der Waals surface area contributed by atoms with Crippen molar-refractivity contribution in [1.29, 1.82) is 0 Å². The number of halogens is 2. The molecule has 9 rings (SSSR count). The van der Waals surface area contributed by atoms with Gasteiger partial charge in [-0.25, -0.2) is 0 Å². The lowest BCUT2D eigenvalue weighted by Crippen LogP contribution is -2.56. The standard InChI is InChI=1S/C38H27BF2N4O2/c1-22-3-7-24(8-4-22)37-29-13-11-27(42-29)33-17-15-31-26(21-46)32-16-18-34(45(32)39(40,41)44(31)33)28-12-14-30(43-28)38(36-20-19-35(37)47-36)25-9-5-23(2)6-10-25/h3-21,42-43H,1-2H3. The second-order valence-corrected chi connectivity index (χ2v) is 12.3. The van der Waals surface area contributed by atoms with Gasteiger partial charge in [-0.3, -0.25) is 4.79 Å². The summed E-state index contributed by atoms with van der Waals surface area (Å²) in [6.45, 7) is -0.349. The third kappa shape index (κ3) is 3.96. The van der Waals surface area contributed by atoms with Crippen LogP contribution in [0.4, 0.5) is 8.63 Å². The summed E-state index contributed by atoms with van der Waals surface area (Å²) in [7, 11) is 0. The molecule has 0 unspecified atom stereocenters. The van der Waals surface area contributed by atoms with Crippen molar-refractivity contribution in [2.75, 3.05) is 0 Å². The van der Waals surface area contributed by atoms with Crippen LogP contribution in [0.25, 0.3) is 22.4 Å². The van der Waals surface area contributed by atoms with Crippen molar-refractivity contribution < 1.29 is 22.3 Å². The summed E-state index contributed by atoms with van der Waals surface area (Å²) in [5.74, 6) is 1.25. The molecule has 3 aliphatic rings. The molecule has 228 valence electrons. The van der Waals surface area contributed by atoms with Crippen LogP contribution in [-0.2, 0) is 4.79 Å². The minimum atomic E-state index is -4.41. The van der Waals surface area contributed by atoms with E-state index in [0.29, 0.717) is 39.2 Å². The second-order valence-electron chi connectivity index (χ2n) is 12.3. The van der Waals surface area contributed by atoms with Gasteiger partial charge >= 0.3 is 6.97 Å². The fourth-order valence-electron chi connectivity index (χ4n) is 7.10. The maximum absolute atomic E-state index is 17.0. The number of nitrogens with one attached hydrogen (secondary N) is 2. The van der Waals surface area contributed by atoms with E-state index >= 15 is 8.63 Å². The smallest absolute Gasteiger partial charge is 0.456 e. The maximum Gasteiger partial charge on any atom is 0.738 e. The molecule has 2 aromatic carbocycles. The fourth-order valence-corrected chi connectivity index (χ4v) is 7.10. The van der Waals surface area contributed by atoms with E-state index in [9.17, 15) is 4.79 Å². The number of carbonyl (C=O) groups is 1. The van der Waals surface area contributed by atoms with Gasteiger partial charge in [0.1, 0.15) is 22.4 Å². The molecule has 0 aliphatic carbocycles. The van der Waals surface area contributed by atoms with E-state index in [1.807, 2.05) is 86.6 Å². The van der Waals surface area contributed by atoms with Crippen LogP contribution in [0.5, 0.6) is 0 Å². The summed E-state index contributed by atoms with van der Waals surface area (Å²) < 4.78 is 42.7. The molecule has 3 aliphatic heterocycles. The normalized spacial score (nSPS) is 16.0. The Morgan fingerprint density at radius 3 is 1.79 bits per heavy atom. The molecule has 0 amide bonds. The van der Waals surface area contributed by atoms with Gasteiger partial charge in [-0.1, -0.05) is 59.7 Å². The fraction of sp³-hybridized carbons (Fsp3) is 0.0526. The van der Waals surface area contributed by atoms with Gasteiger partial charge in [0, 0.05) is 34.0 Å². The van der Waals surface area contributed by atoms with Crippen LogP contribution in [0.2, 0.25) is 0 Å². The lowest BCUT2D eigenvalue weighted by Gasteiger charge is -2.27. The number of rotatable bonds is 3. The highest BCUT2D eigenvalue weighted by Crippen LogP contribution is 2.30. The third-order valence-corrected chi connectivity index (χ3v) is 9.37. The second kappa shape index (κ2) is 9.77. The molecule has 0 radical (unpaired) electrons. The number of aromatic nitrogens is 3. The number of hydrogen-bond acceptors (Lipinski definition) is 2. The van der Waals surface area contributed by atoms with E-state index in [-0.39, 0.29) is 27.7 Å². The Morgan fingerprint density at radius 2 is 1.19 bits per heavy atom. The van der Waals surface area contributed by atoms with Gasteiger partial charge < -0.3 is 32.0 Å². The van der Waals surface area contributed by atoms with Crippen molar-refractivity contribution in [3.05, 3.63) is 175 Å². The molecule has 9 heteroatoms. The number of furan rings is 1. The highest BCUT2D eigenvalue weighted by atomic mass is 19.2. The number of benzene rings is 2. The summed E-state index contributed by atoms with van der Waals surface area (Å²) in [5.41, 5.74) is 6.30. The Kier molecular flexibility index (Phi) is 5.69. The molecule has 6 nitrogen and oxygen atoms in total. The van der Waals surface area contributed by atoms with Crippen molar-refractivity contribution in [2.45, 2.75) is 13.8 Å². The molecular formula is C38H27BF2N4O2. The molecular weight excluding hydrogens is 593 g/mol. The van der Waals surface area contributed by atoms with Crippen LogP contribution in [0, 0.1) is 24.5 Å². The quantitative estimate of drug-likeness (QED) is 0.233. The van der Waals surface area contributed by atoms with Crippen molar-refractivity contribution in [3.63, 3.8) is 0 Å². The zero-order chi connectivity index (χ0) is 32.0. The van der Waals surface area contributed by atoms with Crippen molar-refractivity contribution in [2.24, 2.45) is 0 Å². The van der Waals surface area contributed by atoms with E-state index in [4.69, 9.17) is 4.42 Å². The van der Waals surface area contributed by atoms with Crippen molar-refractivity contribution in [3.8, 4) is 0 Å². The van der Waals surface area contributed by atoms with Crippen LogP contribution in [0.1, 0.15) is 33.8 Å². The van der Waals surface area contributed by atoms with Gasteiger partial charge in [0.2, 0.25) is 0 Å². The minimum absolute atomic E-state index is 0.176. The van der Waals surface area contributed by atoms with E-state index in [1.165, 1.54) is 0 Å². The number of allylic oxidation sites excluding steroid dienone is 1. The highest BCUT2D eigenvalue weighted by molar-refractivity contribution is 6.61. The van der Waals surface area contributed by atoms with E-state index in [1.54, 1.807) is 36.4 Å². The number of fused-ring (bicyclic) bond motifs is 6. The summed E-state index contributed by atoms with van der Waals surface area (Å²) >= 11 is 0. The zero-order valence-corrected chi connectivity index (χ0v) is 25.5. The minimum Gasteiger partial charge on any atom is -0.456 e. The lowest BCUT2D eigenvalue weighted by molar-refractivity contribution is -0.318. The van der Waals surface area contributed by atoms with Crippen LogP contribution >= 0.6 is 0 Å². The topological polar surface area (TPSA) is 69.7 Å². The largest absolute Gasteiger partial charge is 0.738 e. The van der Waals surface area contributed by atoms with Gasteiger partial charge in [0.25, 0.3) is 0 Å². The number of aryl methyl sites for hydroxylation is 2. The van der Waals surface area contributed by atoms with Crippen molar-refractivity contribution >= 4 is 41.4 Å². The zero-order valence-electron chi connectivity index (χ0n) is 25.5. The average molecular weight is 620 g/mol. The third-order valence-electron chi connectivity index (χ3n) is 9.37. The summed E-state index contributed by atoms with van der Waals surface area (Å²) in [6, 6.07) is 30.8. The van der Waals surface area contributed by atoms with E-state index in [0.717, 1.165) is 42.4 Å². The molecule has 0 saturated carbocycles. The first kappa shape index (κ1) is 27.4. The summed E-state index contributed by atoms with van der Waals surface area (Å²) in [6.07, 6.45) is 3.90. The van der Waals surface area contributed by atoms with E-state index < -0.39 is 6.97 Å². The predicted molar refractivity (Wildman–Crippen MR) is 177 cm³/mol. The number of H-pyrrole nitrogens is 2. The molecule has 7 heterocycles. The molecule has 0 atom stereocenters. The number of aromatic amines is 2. The number of nitrogens with zero attached hydrogens (tertiary/aromatic N) is 2. The molecule has 0 fully saturated rings. The Bertz CT molecular complexity index is 2740. The highest BCUT2D eigenvalue weighted by Gasteiger charge is 2.52. The van der Waals surface area contributed by atoms with Gasteiger partial charge in [-0.05, 0) is 73.5 Å². The first-order chi connectivity index (χ1) is 22.8. The van der Waals surface area contributed by atoms with E-state index in [2.05, 4.69) is 9.97 Å². The molecule has 0 spiro atoms. The Labute approximate surface area is 266 Å². The summed E-state index contributed by atoms with van der Waals surface area (Å²) in [4.78, 5) is 19.4. The van der Waals surface area contributed by atoms with Crippen LogP contribution in [-0.4, -0.2) is 37.9 Å². The molecule has 8 bridgehead atoms. The maximum atomic E-state index is 17.0. The van der Waals surface area contributed by atoms with Crippen LogP contribution in [0.3, 0.4) is 0 Å². The molecule has 0 saturated heterocycles. The predicted octanol–water partition coefficient (Wildman–Crippen LogP) is 3.87. The van der Waals surface area contributed by atoms with Crippen LogP contribution in [0.15, 0.2) is 114 Å². The summed E-state index contributed by atoms with van der Waals surface area (Å²) in [5, 5.41) is 2.86. The number of aldehydes is 1. The molecule has 2 N–H and O–H groups in total. The van der Waals surface area contributed by atoms with Gasteiger partial charge in [-0.2, -0.15) is 0 Å². The Balaban J connectivity index is 1.49. The number of carbonyl (C=O) groups excluding carboxylic acids is 1. The van der Waals surface area contributed by atoms with Gasteiger partial charge in [0.15, 0.2) is 17.7 Å². The van der Waals surface area contributed by atoms with Crippen molar-refractivity contribution in [1.82, 2.24) is 14.4 Å². The van der Waals surface area contributed by atoms with Gasteiger partial charge in [0.05, 0.1) is 16.0 Å². The first-order valence-electron chi connectivity index (χ1n) is 15.5. The molecule has 47 heavy (non-hydrogen) atoms. The molecule has 4 aromatic heterocycles. The van der Waals surface area contributed by atoms with Gasteiger partial charge in [-0.15, -0.1) is 0 Å². The average Bonchev–Trinajstić information content (AvgIpc) is 3.90. The number of hydrogen-bond donors (Lipinski definition) is 2. The Morgan fingerprint density at radius 1 is 0.660 bits per heavy atom.